The van der Waals surface area contributed by atoms with Crippen molar-refractivity contribution in [1.29, 1.82) is 0 Å². The first-order valence-corrected chi connectivity index (χ1v) is 16.0. The zero-order valence-corrected chi connectivity index (χ0v) is 22.9. The Morgan fingerprint density at radius 2 is 2.06 bits per heavy atom. The maximum absolute atomic E-state index is 12.5. The highest BCUT2D eigenvalue weighted by Crippen LogP contribution is 2.27. The van der Waals surface area contributed by atoms with Crippen molar-refractivity contribution in [2.24, 2.45) is 11.8 Å². The van der Waals surface area contributed by atoms with Crippen molar-refractivity contribution in [2.75, 3.05) is 19.7 Å². The van der Waals surface area contributed by atoms with Crippen molar-refractivity contribution >= 4 is 25.3 Å². The lowest BCUT2D eigenvalue weighted by Crippen LogP contribution is -2.45. The Balaban J connectivity index is 1.57. The highest BCUT2D eigenvalue weighted by Gasteiger charge is 2.30. The van der Waals surface area contributed by atoms with Gasteiger partial charge in [-0.2, -0.15) is 0 Å². The molecule has 0 spiro atoms. The molecule has 3 rings (SSSR count). The van der Waals surface area contributed by atoms with Crippen molar-refractivity contribution in [3.05, 3.63) is 24.2 Å². The fourth-order valence-corrected chi connectivity index (χ4v) is 4.60. The molecule has 1 aliphatic heterocycles. The van der Waals surface area contributed by atoms with Crippen molar-refractivity contribution in [3.8, 4) is 11.8 Å². The van der Waals surface area contributed by atoms with Crippen LogP contribution in [-0.2, 0) is 16.2 Å². The lowest BCUT2D eigenvalue weighted by molar-refractivity contribution is 0.0118. The first kappa shape index (κ1) is 26.2. The summed E-state index contributed by atoms with van der Waals surface area (Å²) in [6.45, 7) is 17.6. The Hall–Kier alpha value is -2.37. The summed E-state index contributed by atoms with van der Waals surface area (Å²) < 4.78 is 13.4. The largest absolute Gasteiger partial charge is 0.444 e. The molecule has 0 bridgehead atoms. The van der Waals surface area contributed by atoms with E-state index in [0.29, 0.717) is 37.2 Å². The molecule has 1 amide bonds. The third-order valence-corrected chi connectivity index (χ3v) is 7.74. The van der Waals surface area contributed by atoms with Gasteiger partial charge >= 0.3 is 6.09 Å². The van der Waals surface area contributed by atoms with Gasteiger partial charge in [-0.3, -0.25) is 0 Å². The van der Waals surface area contributed by atoms with E-state index in [2.05, 4.69) is 48.4 Å². The van der Waals surface area contributed by atoms with Crippen molar-refractivity contribution in [3.63, 3.8) is 0 Å². The van der Waals surface area contributed by atoms with E-state index < -0.39 is 13.7 Å². The van der Waals surface area contributed by atoms with E-state index in [1.807, 2.05) is 42.5 Å². The van der Waals surface area contributed by atoms with Crippen molar-refractivity contribution in [1.82, 2.24) is 19.4 Å². The quantitative estimate of drug-likeness (QED) is 0.313. The molecule has 1 aliphatic rings. The molecule has 0 aromatic carbocycles. The third kappa shape index (κ3) is 7.85. The van der Waals surface area contributed by atoms with Crippen LogP contribution in [-0.4, -0.2) is 58.9 Å². The molecule has 1 saturated heterocycles. The molecule has 2 atom stereocenters. The van der Waals surface area contributed by atoms with Crippen LogP contribution in [0.4, 0.5) is 4.79 Å². The van der Waals surface area contributed by atoms with Gasteiger partial charge in [-0.15, -0.1) is 0 Å². The second-order valence-corrected chi connectivity index (χ2v) is 17.2. The Labute approximate surface area is 205 Å². The molecule has 8 heteroatoms. The molecule has 1 fully saturated rings. The minimum atomic E-state index is -1.09. The summed E-state index contributed by atoms with van der Waals surface area (Å²) in [5.41, 5.74) is 1.82. The lowest BCUT2D eigenvalue weighted by atomic mass is 9.85. The van der Waals surface area contributed by atoms with Crippen LogP contribution in [0.3, 0.4) is 0 Å². The number of nitrogens with zero attached hydrogens (tertiary/aromatic N) is 4. The molecule has 0 N–H and O–H groups in total. The summed E-state index contributed by atoms with van der Waals surface area (Å²) >= 11 is 0. The van der Waals surface area contributed by atoms with E-state index in [1.54, 1.807) is 6.20 Å². The van der Waals surface area contributed by atoms with E-state index in [4.69, 9.17) is 9.47 Å². The number of hydrogen-bond acceptors (Lipinski definition) is 5. The first-order chi connectivity index (χ1) is 15.9. The number of carbonyl (C=O) groups excluding carboxylic acids is 1. The number of amides is 1. The number of aromatic nitrogens is 3. The topological polar surface area (TPSA) is 69.5 Å². The van der Waals surface area contributed by atoms with Gasteiger partial charge in [0, 0.05) is 40.4 Å². The Bertz CT molecular complexity index is 1040. The van der Waals surface area contributed by atoms with E-state index in [9.17, 15) is 4.79 Å². The average molecular weight is 485 g/mol. The number of carbonyl (C=O) groups is 1. The molecule has 2 aromatic heterocycles. The molecule has 34 heavy (non-hydrogen) atoms. The van der Waals surface area contributed by atoms with Gasteiger partial charge in [0.15, 0.2) is 5.65 Å². The van der Waals surface area contributed by atoms with E-state index >= 15 is 0 Å². The number of ether oxygens (including phenoxy) is 2. The molecule has 7 nitrogen and oxygen atoms in total. The summed E-state index contributed by atoms with van der Waals surface area (Å²) in [7, 11) is -1.09. The normalized spacial score (nSPS) is 19.1. The molecular formula is C26H40N4O3Si. The van der Waals surface area contributed by atoms with Crippen LogP contribution in [0, 0.1) is 23.7 Å². The number of piperidine rings is 1. The van der Waals surface area contributed by atoms with Crippen molar-refractivity contribution in [2.45, 2.75) is 78.6 Å². The van der Waals surface area contributed by atoms with Gasteiger partial charge in [0.05, 0.1) is 6.20 Å². The van der Waals surface area contributed by atoms with E-state index in [1.165, 1.54) is 0 Å². The summed E-state index contributed by atoms with van der Waals surface area (Å²) in [6, 6.07) is 3.10. The standard InChI is InChI=1S/C26H40N4O3Si/c1-20-11-13-29(25(31)33-26(2,3)4)18-21(20)9-8-10-22-17-27-24-23(28-22)12-14-30(24)19-32-15-16-34(5,6)7/h12,14,17,20-21H,9,11,13,15-16,18-19H2,1-7H3. The summed E-state index contributed by atoms with van der Waals surface area (Å²) in [6.07, 6.45) is 5.13. The van der Waals surface area contributed by atoms with Gasteiger partial charge in [-0.1, -0.05) is 32.5 Å². The van der Waals surface area contributed by atoms with Gasteiger partial charge < -0.3 is 18.9 Å². The van der Waals surface area contributed by atoms with Crippen LogP contribution in [0.5, 0.6) is 0 Å². The smallest absolute Gasteiger partial charge is 0.410 e. The average Bonchev–Trinajstić information content (AvgIpc) is 3.13. The number of fused-ring (bicyclic) bond motifs is 1. The summed E-state index contributed by atoms with van der Waals surface area (Å²) in [5, 5.41) is 0. The molecule has 2 unspecified atom stereocenters. The minimum absolute atomic E-state index is 0.234. The third-order valence-electron chi connectivity index (χ3n) is 6.04. The van der Waals surface area contributed by atoms with Gasteiger partial charge in [-0.05, 0) is 57.1 Å². The molecule has 0 saturated carbocycles. The lowest BCUT2D eigenvalue weighted by Gasteiger charge is -2.37. The Morgan fingerprint density at radius 1 is 1.29 bits per heavy atom. The minimum Gasteiger partial charge on any atom is -0.444 e. The SMILES string of the molecule is CC1CCN(C(=O)OC(C)(C)C)CC1CC#Cc1cnc2c(ccn2COCC[Si](C)(C)C)n1. The molecule has 0 aliphatic carbocycles. The van der Waals surface area contributed by atoms with Crippen LogP contribution >= 0.6 is 0 Å². The Kier molecular flexibility index (Phi) is 8.42. The van der Waals surface area contributed by atoms with Crippen LogP contribution in [0.1, 0.15) is 46.2 Å². The highest BCUT2D eigenvalue weighted by atomic mass is 28.3. The molecule has 3 heterocycles. The second kappa shape index (κ2) is 10.9. The number of likely N-dealkylation sites (tertiary alicyclic amines) is 1. The molecule has 186 valence electrons. The van der Waals surface area contributed by atoms with Crippen LogP contribution in [0.25, 0.3) is 11.2 Å². The van der Waals surface area contributed by atoms with Gasteiger partial charge in [0.2, 0.25) is 0 Å². The fraction of sp³-hybridized carbons (Fsp3) is 0.654. The van der Waals surface area contributed by atoms with E-state index in [-0.39, 0.29) is 6.09 Å². The number of rotatable bonds is 6. The molecular weight excluding hydrogens is 444 g/mol. The van der Waals surface area contributed by atoms with E-state index in [0.717, 1.165) is 36.8 Å². The van der Waals surface area contributed by atoms with Gasteiger partial charge in [-0.25, -0.2) is 14.8 Å². The highest BCUT2D eigenvalue weighted by molar-refractivity contribution is 6.76. The maximum Gasteiger partial charge on any atom is 0.410 e. The zero-order valence-electron chi connectivity index (χ0n) is 21.9. The van der Waals surface area contributed by atoms with Crippen LogP contribution in [0.2, 0.25) is 25.7 Å². The predicted octanol–water partition coefficient (Wildman–Crippen LogP) is 5.38. The monoisotopic (exact) mass is 484 g/mol. The van der Waals surface area contributed by atoms with Crippen molar-refractivity contribution < 1.29 is 14.3 Å². The summed E-state index contributed by atoms with van der Waals surface area (Å²) in [5.74, 6) is 7.28. The van der Waals surface area contributed by atoms with Gasteiger partial charge in [0.1, 0.15) is 23.5 Å². The fourth-order valence-electron chi connectivity index (χ4n) is 3.85. The molecule has 2 aromatic rings. The zero-order chi connectivity index (χ0) is 24.9. The maximum atomic E-state index is 12.5. The van der Waals surface area contributed by atoms with Crippen LogP contribution in [0.15, 0.2) is 18.5 Å². The number of hydrogen-bond donors (Lipinski definition) is 0. The first-order valence-electron chi connectivity index (χ1n) is 12.3. The predicted molar refractivity (Wildman–Crippen MR) is 138 cm³/mol. The van der Waals surface area contributed by atoms with Gasteiger partial charge in [0.25, 0.3) is 0 Å². The Morgan fingerprint density at radius 3 is 2.76 bits per heavy atom. The second-order valence-electron chi connectivity index (χ2n) is 11.6. The summed E-state index contributed by atoms with van der Waals surface area (Å²) in [4.78, 5) is 23.5. The molecule has 0 radical (unpaired) electrons. The van der Waals surface area contributed by atoms with Crippen LogP contribution < -0.4 is 0 Å².